The Labute approximate surface area is 106 Å². The predicted molar refractivity (Wildman–Crippen MR) is 69.3 cm³/mol. The minimum absolute atomic E-state index is 0.107. The molecule has 0 fully saturated rings. The number of rotatable bonds is 6. The van der Waals surface area contributed by atoms with E-state index in [1.807, 2.05) is 25.1 Å². The molecule has 98 valence electrons. The van der Waals surface area contributed by atoms with E-state index in [0.29, 0.717) is 0 Å². The summed E-state index contributed by atoms with van der Waals surface area (Å²) in [6.45, 7) is 2.00. The molecule has 0 spiro atoms. The van der Waals surface area contributed by atoms with Crippen molar-refractivity contribution in [2.45, 2.75) is 32.2 Å². The van der Waals surface area contributed by atoms with Crippen LogP contribution in [-0.2, 0) is 16.0 Å². The maximum absolute atomic E-state index is 11.8. The molecule has 0 aliphatic carbocycles. The summed E-state index contributed by atoms with van der Waals surface area (Å²) >= 11 is 0. The quantitative estimate of drug-likeness (QED) is 0.711. The lowest BCUT2D eigenvalue weighted by atomic mass is 10.1. The number of carbonyl (C=O) groups is 2. The van der Waals surface area contributed by atoms with Crippen LogP contribution in [0.1, 0.15) is 25.3 Å². The topological polar surface area (TPSA) is 92.4 Å². The largest absolute Gasteiger partial charge is 0.481 e. The fourth-order valence-corrected chi connectivity index (χ4v) is 1.59. The summed E-state index contributed by atoms with van der Waals surface area (Å²) in [4.78, 5) is 22.2. The maximum Gasteiger partial charge on any atom is 0.303 e. The lowest BCUT2D eigenvalue weighted by Crippen LogP contribution is -2.36. The second-order valence-electron chi connectivity index (χ2n) is 4.04. The molecule has 0 aromatic heterocycles. The fraction of sp³-hybridized carbons (Fsp3) is 0.385. The van der Waals surface area contributed by atoms with E-state index in [9.17, 15) is 9.59 Å². The van der Waals surface area contributed by atoms with Gasteiger partial charge in [-0.2, -0.15) is 0 Å². The van der Waals surface area contributed by atoms with Gasteiger partial charge in [-0.25, -0.2) is 0 Å². The summed E-state index contributed by atoms with van der Waals surface area (Å²) in [5, 5.41) is 11.3. The highest BCUT2D eigenvalue weighted by Crippen LogP contribution is 2.15. The molecule has 18 heavy (non-hydrogen) atoms. The van der Waals surface area contributed by atoms with Crippen LogP contribution in [0.3, 0.4) is 0 Å². The van der Waals surface area contributed by atoms with E-state index in [2.05, 4.69) is 5.32 Å². The number of benzene rings is 1. The molecule has 1 aromatic carbocycles. The first-order valence-electron chi connectivity index (χ1n) is 5.90. The minimum Gasteiger partial charge on any atom is -0.481 e. The molecule has 5 nitrogen and oxygen atoms in total. The van der Waals surface area contributed by atoms with Crippen molar-refractivity contribution < 1.29 is 14.7 Å². The summed E-state index contributed by atoms with van der Waals surface area (Å²) in [6, 6.07) is 6.67. The zero-order valence-electron chi connectivity index (χ0n) is 10.3. The third-order valence-electron chi connectivity index (χ3n) is 2.66. The first kappa shape index (κ1) is 14.2. The minimum atomic E-state index is -0.952. The van der Waals surface area contributed by atoms with Gasteiger partial charge in [0.05, 0.1) is 6.04 Å². The number of hydrogen-bond acceptors (Lipinski definition) is 3. The predicted octanol–water partition coefficient (Wildman–Crippen LogP) is 1.38. The van der Waals surface area contributed by atoms with Crippen molar-refractivity contribution in [3.05, 3.63) is 29.8 Å². The molecule has 0 saturated carbocycles. The Balaban J connectivity index is 2.60. The van der Waals surface area contributed by atoms with Gasteiger partial charge < -0.3 is 16.2 Å². The van der Waals surface area contributed by atoms with Crippen LogP contribution in [-0.4, -0.2) is 23.0 Å². The zero-order chi connectivity index (χ0) is 13.5. The number of nitrogens with one attached hydrogen (secondary N) is 1. The average Bonchev–Trinajstić information content (AvgIpc) is 2.36. The smallest absolute Gasteiger partial charge is 0.303 e. The Morgan fingerprint density at radius 3 is 2.67 bits per heavy atom. The van der Waals surface area contributed by atoms with Gasteiger partial charge in [-0.15, -0.1) is 0 Å². The van der Waals surface area contributed by atoms with Crippen molar-refractivity contribution >= 4 is 17.6 Å². The van der Waals surface area contributed by atoms with Crippen LogP contribution >= 0.6 is 0 Å². The van der Waals surface area contributed by atoms with E-state index < -0.39 is 12.0 Å². The molecule has 1 atom stereocenters. The number of para-hydroxylation sites is 1. The Hall–Kier alpha value is -1.88. The van der Waals surface area contributed by atoms with Crippen molar-refractivity contribution in [1.82, 2.24) is 0 Å². The monoisotopic (exact) mass is 250 g/mol. The van der Waals surface area contributed by atoms with Gasteiger partial charge in [0.25, 0.3) is 0 Å². The van der Waals surface area contributed by atoms with Crippen LogP contribution in [0.15, 0.2) is 24.3 Å². The van der Waals surface area contributed by atoms with Gasteiger partial charge in [-0.1, -0.05) is 25.1 Å². The number of carbonyl (C=O) groups excluding carboxylic acids is 1. The van der Waals surface area contributed by atoms with Crippen LogP contribution in [0.5, 0.6) is 0 Å². The fourth-order valence-electron chi connectivity index (χ4n) is 1.59. The van der Waals surface area contributed by atoms with Crippen molar-refractivity contribution in [3.63, 3.8) is 0 Å². The van der Waals surface area contributed by atoms with Crippen LogP contribution in [0.2, 0.25) is 0 Å². The molecule has 0 heterocycles. The first-order chi connectivity index (χ1) is 8.54. The molecule has 0 bridgehead atoms. The standard InChI is InChI=1S/C13H18N2O3/c1-2-9-5-3-4-6-11(9)15-13(18)10(14)7-8-12(16)17/h3-6,10H,2,7-8,14H2,1H3,(H,15,18)(H,16,17). The van der Waals surface area contributed by atoms with Crippen molar-refractivity contribution in [2.75, 3.05) is 5.32 Å². The number of carboxylic acid groups (broad SMARTS) is 1. The van der Waals surface area contributed by atoms with Crippen molar-refractivity contribution in [2.24, 2.45) is 5.73 Å². The van der Waals surface area contributed by atoms with Gasteiger partial charge in [0, 0.05) is 12.1 Å². The highest BCUT2D eigenvalue weighted by molar-refractivity contribution is 5.95. The molecule has 0 saturated heterocycles. The van der Waals surface area contributed by atoms with Crippen molar-refractivity contribution in [3.8, 4) is 0 Å². The van der Waals surface area contributed by atoms with Crippen LogP contribution in [0, 0.1) is 0 Å². The SMILES string of the molecule is CCc1ccccc1NC(=O)C(N)CCC(=O)O. The lowest BCUT2D eigenvalue weighted by Gasteiger charge is -2.13. The van der Waals surface area contributed by atoms with Crippen LogP contribution in [0.4, 0.5) is 5.69 Å². The number of aryl methyl sites for hydroxylation is 1. The van der Waals surface area contributed by atoms with Crippen LogP contribution in [0.25, 0.3) is 0 Å². The summed E-state index contributed by atoms with van der Waals surface area (Å²) in [5.74, 6) is -1.30. The Morgan fingerprint density at radius 2 is 2.06 bits per heavy atom. The summed E-state index contributed by atoms with van der Waals surface area (Å²) < 4.78 is 0. The number of amides is 1. The Bertz CT molecular complexity index is 432. The van der Waals surface area contributed by atoms with Gasteiger partial charge >= 0.3 is 5.97 Å². The Morgan fingerprint density at radius 1 is 1.39 bits per heavy atom. The molecular formula is C13H18N2O3. The first-order valence-corrected chi connectivity index (χ1v) is 5.90. The third kappa shape index (κ3) is 4.18. The highest BCUT2D eigenvalue weighted by atomic mass is 16.4. The van der Waals surface area contributed by atoms with Gasteiger partial charge in [0.2, 0.25) is 5.91 Å². The summed E-state index contributed by atoms with van der Waals surface area (Å²) in [5.41, 5.74) is 7.39. The average molecular weight is 250 g/mol. The van der Waals surface area contributed by atoms with E-state index in [1.54, 1.807) is 6.07 Å². The summed E-state index contributed by atoms with van der Waals surface area (Å²) in [7, 11) is 0. The van der Waals surface area contributed by atoms with Gasteiger partial charge in [-0.05, 0) is 24.5 Å². The number of hydrogen-bond donors (Lipinski definition) is 3. The second-order valence-corrected chi connectivity index (χ2v) is 4.04. The normalized spacial score (nSPS) is 11.9. The molecule has 1 rings (SSSR count). The third-order valence-corrected chi connectivity index (χ3v) is 2.66. The van der Waals surface area contributed by atoms with E-state index in [0.717, 1.165) is 17.7 Å². The molecule has 0 radical (unpaired) electrons. The zero-order valence-corrected chi connectivity index (χ0v) is 10.3. The highest BCUT2D eigenvalue weighted by Gasteiger charge is 2.15. The van der Waals surface area contributed by atoms with Gasteiger partial charge in [0.1, 0.15) is 0 Å². The number of carboxylic acids is 1. The molecule has 5 heteroatoms. The summed E-state index contributed by atoms with van der Waals surface area (Å²) in [6.07, 6.45) is 0.834. The van der Waals surface area contributed by atoms with E-state index in [1.165, 1.54) is 0 Å². The van der Waals surface area contributed by atoms with Crippen LogP contribution < -0.4 is 11.1 Å². The molecule has 1 aromatic rings. The van der Waals surface area contributed by atoms with E-state index >= 15 is 0 Å². The van der Waals surface area contributed by atoms with E-state index in [4.69, 9.17) is 10.8 Å². The van der Waals surface area contributed by atoms with Gasteiger partial charge in [0.15, 0.2) is 0 Å². The maximum atomic E-state index is 11.8. The number of aliphatic carboxylic acids is 1. The second kappa shape index (κ2) is 6.76. The molecule has 0 aliphatic heterocycles. The van der Waals surface area contributed by atoms with Gasteiger partial charge in [-0.3, -0.25) is 9.59 Å². The molecule has 1 amide bonds. The number of anilines is 1. The van der Waals surface area contributed by atoms with Crippen molar-refractivity contribution in [1.29, 1.82) is 0 Å². The molecule has 1 unspecified atom stereocenters. The molecule has 0 aliphatic rings. The molecule has 4 N–H and O–H groups in total. The molecular weight excluding hydrogens is 232 g/mol. The van der Waals surface area contributed by atoms with E-state index in [-0.39, 0.29) is 18.7 Å². The lowest BCUT2D eigenvalue weighted by molar-refractivity contribution is -0.137. The number of nitrogens with two attached hydrogens (primary N) is 1. The Kier molecular flexibility index (Phi) is 5.32.